The molecule has 2 rings (SSSR count). The van der Waals surface area contributed by atoms with Gasteiger partial charge in [0.1, 0.15) is 0 Å². The zero-order chi connectivity index (χ0) is 8.55. The quantitative estimate of drug-likeness (QED) is 0.613. The molecule has 1 heterocycles. The number of nitrogens with one attached hydrogen (secondary N) is 1. The molecule has 0 fully saturated rings. The van der Waals surface area contributed by atoms with Crippen LogP contribution >= 0.6 is 0 Å². The van der Waals surface area contributed by atoms with E-state index in [2.05, 4.69) is 11.6 Å². The topological polar surface area (TPSA) is 36.7 Å². The summed E-state index contributed by atoms with van der Waals surface area (Å²) in [7, 11) is 0. The van der Waals surface area contributed by atoms with Gasteiger partial charge in [0.15, 0.2) is 0 Å². The number of rotatable bonds is 0. The van der Waals surface area contributed by atoms with Gasteiger partial charge in [-0.15, -0.1) is 0 Å². The van der Waals surface area contributed by atoms with Gasteiger partial charge in [0, 0.05) is 11.8 Å². The van der Waals surface area contributed by atoms with Gasteiger partial charge >= 0.3 is 0 Å². The summed E-state index contributed by atoms with van der Waals surface area (Å²) in [4.78, 5) is 4.11. The lowest BCUT2D eigenvalue weighted by molar-refractivity contribution is 1.25. The Morgan fingerprint density at radius 2 is 2.17 bits per heavy atom. The summed E-state index contributed by atoms with van der Waals surface area (Å²) in [5.74, 6) is 0. The summed E-state index contributed by atoms with van der Waals surface area (Å²) in [6.07, 6.45) is 5.47. The number of hydrogen-bond donors (Lipinski definition) is 1. The Labute approximate surface area is 70.8 Å². The minimum atomic E-state index is 0.424. The van der Waals surface area contributed by atoms with Gasteiger partial charge in [-0.2, -0.15) is 0 Å². The summed E-state index contributed by atoms with van der Waals surface area (Å²) in [5.41, 5.74) is 2.87. The predicted octanol–water partition coefficient (Wildman–Crippen LogP) is 2.03. The van der Waals surface area contributed by atoms with Crippen molar-refractivity contribution < 1.29 is 0 Å². The number of fused-ring (bicyclic) bond motifs is 1. The van der Waals surface area contributed by atoms with Gasteiger partial charge in [-0.1, -0.05) is 24.8 Å². The van der Waals surface area contributed by atoms with Crippen molar-refractivity contribution in [1.82, 2.24) is 4.98 Å². The molecule has 0 saturated heterocycles. The Morgan fingerprint density at radius 3 is 3.00 bits per heavy atom. The highest BCUT2D eigenvalue weighted by atomic mass is 14.7. The molecule has 0 amide bonds. The molecule has 0 aromatic carbocycles. The van der Waals surface area contributed by atoms with Crippen LogP contribution in [-0.4, -0.2) is 10.7 Å². The van der Waals surface area contributed by atoms with E-state index < -0.39 is 0 Å². The molecule has 1 aliphatic carbocycles. The third-order valence-electron chi connectivity index (χ3n) is 1.86. The SMILES string of the molecule is C=C1C=Cc2cccnc2C1=N. The molecule has 0 radical (unpaired) electrons. The lowest BCUT2D eigenvalue weighted by Crippen LogP contribution is -2.08. The average molecular weight is 156 g/mol. The first kappa shape index (κ1) is 6.98. The lowest BCUT2D eigenvalue weighted by Gasteiger charge is -2.10. The number of allylic oxidation sites excluding steroid dienone is 2. The first-order chi connectivity index (χ1) is 5.79. The fraction of sp³-hybridized carbons (Fsp3) is 0. The van der Waals surface area contributed by atoms with E-state index >= 15 is 0 Å². The third kappa shape index (κ3) is 0.889. The van der Waals surface area contributed by atoms with Crippen molar-refractivity contribution in [3.8, 4) is 0 Å². The molecule has 2 nitrogen and oxygen atoms in total. The van der Waals surface area contributed by atoms with Gasteiger partial charge in [-0.05, 0) is 11.6 Å². The lowest BCUT2D eigenvalue weighted by atomic mass is 9.98. The first-order valence-corrected chi connectivity index (χ1v) is 3.70. The van der Waals surface area contributed by atoms with E-state index in [4.69, 9.17) is 5.41 Å². The molecule has 1 aliphatic rings. The highest BCUT2D eigenvalue weighted by Gasteiger charge is 2.12. The van der Waals surface area contributed by atoms with Crippen LogP contribution in [0.15, 0.2) is 36.6 Å². The largest absolute Gasteiger partial charge is 0.298 e. The first-order valence-electron chi connectivity index (χ1n) is 3.70. The van der Waals surface area contributed by atoms with Gasteiger partial charge < -0.3 is 0 Å². The Kier molecular flexibility index (Phi) is 1.40. The summed E-state index contributed by atoms with van der Waals surface area (Å²) in [5, 5.41) is 7.66. The highest BCUT2D eigenvalue weighted by molar-refractivity contribution is 6.15. The Bertz CT molecular complexity index is 389. The second-order valence-electron chi connectivity index (χ2n) is 2.67. The molecule has 1 aromatic heterocycles. The maximum Gasteiger partial charge on any atom is 0.0957 e. The van der Waals surface area contributed by atoms with E-state index in [1.54, 1.807) is 6.20 Å². The van der Waals surface area contributed by atoms with Crippen LogP contribution in [0.4, 0.5) is 0 Å². The van der Waals surface area contributed by atoms with Crippen molar-refractivity contribution in [1.29, 1.82) is 5.41 Å². The zero-order valence-electron chi connectivity index (χ0n) is 6.54. The van der Waals surface area contributed by atoms with E-state index in [1.807, 2.05) is 24.3 Å². The van der Waals surface area contributed by atoms with Crippen molar-refractivity contribution >= 4 is 11.8 Å². The molecular weight excluding hydrogens is 148 g/mol. The molecule has 0 saturated carbocycles. The Morgan fingerprint density at radius 1 is 1.33 bits per heavy atom. The standard InChI is InChI=1S/C10H8N2/c1-7-4-5-8-3-2-6-12-10(8)9(7)11/h2-6,11H,1H2. The van der Waals surface area contributed by atoms with E-state index in [0.29, 0.717) is 5.71 Å². The Hall–Kier alpha value is -1.70. The second kappa shape index (κ2) is 2.41. The summed E-state index contributed by atoms with van der Waals surface area (Å²) < 4.78 is 0. The number of hydrogen-bond acceptors (Lipinski definition) is 2. The molecule has 0 aliphatic heterocycles. The van der Waals surface area contributed by atoms with Crippen LogP contribution in [0.5, 0.6) is 0 Å². The van der Waals surface area contributed by atoms with Gasteiger partial charge in [-0.25, -0.2) is 0 Å². The monoisotopic (exact) mass is 156 g/mol. The van der Waals surface area contributed by atoms with Gasteiger partial charge in [0.25, 0.3) is 0 Å². The van der Waals surface area contributed by atoms with Crippen LogP contribution in [0.25, 0.3) is 6.08 Å². The normalized spacial score (nSPS) is 14.7. The molecule has 1 N–H and O–H groups in total. The van der Waals surface area contributed by atoms with Crippen LogP contribution in [0.2, 0.25) is 0 Å². The zero-order valence-corrected chi connectivity index (χ0v) is 6.54. The maximum atomic E-state index is 7.66. The van der Waals surface area contributed by atoms with E-state index in [-0.39, 0.29) is 0 Å². The minimum absolute atomic E-state index is 0.424. The van der Waals surface area contributed by atoms with Crippen molar-refractivity contribution in [3.05, 3.63) is 47.8 Å². The van der Waals surface area contributed by atoms with Crippen molar-refractivity contribution in [2.75, 3.05) is 0 Å². The van der Waals surface area contributed by atoms with Crippen molar-refractivity contribution in [3.63, 3.8) is 0 Å². The average Bonchev–Trinajstić information content (AvgIpc) is 2.12. The van der Waals surface area contributed by atoms with Crippen LogP contribution in [0.3, 0.4) is 0 Å². The van der Waals surface area contributed by atoms with Gasteiger partial charge in [-0.3, -0.25) is 10.4 Å². The van der Waals surface area contributed by atoms with Crippen LogP contribution in [0.1, 0.15) is 11.3 Å². The molecule has 0 atom stereocenters. The molecular formula is C10H8N2. The maximum absolute atomic E-state index is 7.66. The second-order valence-corrected chi connectivity index (χ2v) is 2.67. The fourth-order valence-electron chi connectivity index (χ4n) is 1.19. The molecule has 0 spiro atoms. The van der Waals surface area contributed by atoms with Crippen molar-refractivity contribution in [2.45, 2.75) is 0 Å². The van der Waals surface area contributed by atoms with Crippen LogP contribution in [-0.2, 0) is 0 Å². The highest BCUT2D eigenvalue weighted by Crippen LogP contribution is 2.18. The fourth-order valence-corrected chi connectivity index (χ4v) is 1.19. The van der Waals surface area contributed by atoms with E-state index in [0.717, 1.165) is 16.8 Å². The molecule has 0 bridgehead atoms. The molecule has 2 heteroatoms. The van der Waals surface area contributed by atoms with E-state index in [1.165, 1.54) is 0 Å². The van der Waals surface area contributed by atoms with Crippen LogP contribution < -0.4 is 0 Å². The smallest absolute Gasteiger partial charge is 0.0957 e. The predicted molar refractivity (Wildman–Crippen MR) is 49.2 cm³/mol. The summed E-state index contributed by atoms with van der Waals surface area (Å²) >= 11 is 0. The summed E-state index contributed by atoms with van der Waals surface area (Å²) in [6.45, 7) is 3.74. The number of nitrogens with zero attached hydrogens (tertiary/aromatic N) is 1. The van der Waals surface area contributed by atoms with Gasteiger partial charge in [0.2, 0.25) is 0 Å². The van der Waals surface area contributed by atoms with E-state index in [9.17, 15) is 0 Å². The minimum Gasteiger partial charge on any atom is -0.298 e. The Balaban J connectivity index is 2.67. The molecule has 58 valence electrons. The molecule has 1 aromatic rings. The number of aromatic nitrogens is 1. The summed E-state index contributed by atoms with van der Waals surface area (Å²) in [6, 6.07) is 3.81. The molecule has 12 heavy (non-hydrogen) atoms. The van der Waals surface area contributed by atoms with Crippen LogP contribution in [0, 0.1) is 5.41 Å². The number of pyridine rings is 1. The molecule has 0 unspecified atom stereocenters. The van der Waals surface area contributed by atoms with Crippen molar-refractivity contribution in [2.24, 2.45) is 0 Å². The van der Waals surface area contributed by atoms with Gasteiger partial charge in [0.05, 0.1) is 11.4 Å². The third-order valence-corrected chi connectivity index (χ3v) is 1.86.